The molecule has 24 heavy (non-hydrogen) atoms. The maximum atomic E-state index is 11.4. The first-order chi connectivity index (χ1) is 11.6. The molecule has 3 N–H and O–H groups in total. The van der Waals surface area contributed by atoms with Crippen LogP contribution in [0.4, 0.5) is 0 Å². The van der Waals surface area contributed by atoms with Crippen molar-refractivity contribution >= 4 is 11.9 Å². The van der Waals surface area contributed by atoms with Gasteiger partial charge < -0.3 is 10.8 Å². The van der Waals surface area contributed by atoms with Crippen molar-refractivity contribution in [1.82, 2.24) is 4.98 Å². The van der Waals surface area contributed by atoms with Gasteiger partial charge in [0.25, 0.3) is 5.91 Å². The first-order valence-corrected chi connectivity index (χ1v) is 9.08. The third-order valence-corrected chi connectivity index (χ3v) is 4.25. The minimum atomic E-state index is -1.04. The van der Waals surface area contributed by atoms with Gasteiger partial charge in [-0.25, -0.2) is 9.78 Å². The molecule has 0 bridgehead atoms. The van der Waals surface area contributed by atoms with Crippen LogP contribution in [-0.4, -0.2) is 22.0 Å². The Bertz CT molecular complexity index is 529. The van der Waals surface area contributed by atoms with Gasteiger partial charge in [-0.2, -0.15) is 0 Å². The average Bonchev–Trinajstić information content (AvgIpc) is 2.56. The van der Waals surface area contributed by atoms with E-state index in [1.165, 1.54) is 63.6 Å². The summed E-state index contributed by atoms with van der Waals surface area (Å²) >= 11 is 0. The Hall–Kier alpha value is -1.91. The summed E-state index contributed by atoms with van der Waals surface area (Å²) in [6.07, 6.45) is 14.1. The van der Waals surface area contributed by atoms with Gasteiger partial charge in [-0.05, 0) is 24.5 Å². The van der Waals surface area contributed by atoms with Crippen LogP contribution in [0.1, 0.15) is 97.5 Å². The minimum Gasteiger partial charge on any atom is -0.478 e. The number of nitrogens with zero attached hydrogens (tertiary/aromatic N) is 1. The first-order valence-electron chi connectivity index (χ1n) is 9.08. The molecule has 5 heteroatoms. The van der Waals surface area contributed by atoms with Crippen molar-refractivity contribution in [2.24, 2.45) is 5.73 Å². The number of aromatic carboxylic acids is 1. The predicted molar refractivity (Wildman–Crippen MR) is 95.3 cm³/mol. The zero-order valence-corrected chi connectivity index (χ0v) is 14.7. The average molecular weight is 334 g/mol. The number of aryl methyl sites for hydroxylation is 1. The molecule has 0 aliphatic carbocycles. The smallest absolute Gasteiger partial charge is 0.337 e. The van der Waals surface area contributed by atoms with E-state index in [1.807, 2.05) is 0 Å². The maximum Gasteiger partial charge on any atom is 0.337 e. The highest BCUT2D eigenvalue weighted by molar-refractivity contribution is 5.94. The summed E-state index contributed by atoms with van der Waals surface area (Å²) in [6, 6.07) is 1.52. The van der Waals surface area contributed by atoms with Gasteiger partial charge in [0.15, 0.2) is 0 Å². The number of carboxylic acid groups (broad SMARTS) is 1. The summed E-state index contributed by atoms with van der Waals surface area (Å²) in [5.41, 5.74) is 6.24. The van der Waals surface area contributed by atoms with Crippen LogP contribution in [0, 0.1) is 0 Å². The molecule has 5 nitrogen and oxygen atoms in total. The molecule has 0 saturated heterocycles. The van der Waals surface area contributed by atoms with Crippen molar-refractivity contribution in [2.75, 3.05) is 0 Å². The van der Waals surface area contributed by atoms with E-state index in [1.54, 1.807) is 0 Å². The number of carbonyl (C=O) groups is 2. The van der Waals surface area contributed by atoms with E-state index in [0.717, 1.165) is 12.8 Å². The van der Waals surface area contributed by atoms with Gasteiger partial charge in [-0.3, -0.25) is 4.79 Å². The zero-order chi connectivity index (χ0) is 17.8. The Labute approximate surface area is 144 Å². The summed E-state index contributed by atoms with van der Waals surface area (Å²) in [5.74, 6) is -1.64. The lowest BCUT2D eigenvalue weighted by Gasteiger charge is -2.07. The van der Waals surface area contributed by atoms with Crippen LogP contribution in [-0.2, 0) is 6.42 Å². The van der Waals surface area contributed by atoms with Gasteiger partial charge in [0, 0.05) is 6.20 Å². The van der Waals surface area contributed by atoms with Crippen molar-refractivity contribution in [3.63, 3.8) is 0 Å². The van der Waals surface area contributed by atoms with E-state index in [0.29, 0.717) is 12.0 Å². The van der Waals surface area contributed by atoms with Crippen LogP contribution in [0.2, 0.25) is 0 Å². The molecule has 1 aromatic rings. The second kappa shape index (κ2) is 11.6. The number of rotatable bonds is 13. The molecule has 1 rings (SSSR count). The van der Waals surface area contributed by atoms with Gasteiger partial charge in [0.2, 0.25) is 0 Å². The monoisotopic (exact) mass is 334 g/mol. The van der Waals surface area contributed by atoms with Gasteiger partial charge in [-0.1, -0.05) is 64.7 Å². The molecule has 1 heterocycles. The Kier molecular flexibility index (Phi) is 9.73. The van der Waals surface area contributed by atoms with Crippen molar-refractivity contribution in [3.05, 3.63) is 29.1 Å². The fourth-order valence-electron chi connectivity index (χ4n) is 2.84. The van der Waals surface area contributed by atoms with Crippen LogP contribution in [0.3, 0.4) is 0 Å². The highest BCUT2D eigenvalue weighted by atomic mass is 16.4. The molecule has 134 valence electrons. The highest BCUT2D eigenvalue weighted by Crippen LogP contribution is 2.15. The van der Waals surface area contributed by atoms with E-state index in [9.17, 15) is 9.59 Å². The van der Waals surface area contributed by atoms with Gasteiger partial charge in [-0.15, -0.1) is 0 Å². The minimum absolute atomic E-state index is 0.0991. The van der Waals surface area contributed by atoms with E-state index in [-0.39, 0.29) is 11.3 Å². The topological polar surface area (TPSA) is 93.3 Å². The third-order valence-electron chi connectivity index (χ3n) is 4.25. The summed E-state index contributed by atoms with van der Waals surface area (Å²) in [7, 11) is 0. The summed E-state index contributed by atoms with van der Waals surface area (Å²) in [6.45, 7) is 2.23. The Morgan fingerprint density at radius 1 is 1.00 bits per heavy atom. The molecular weight excluding hydrogens is 304 g/mol. The molecule has 0 aromatic carbocycles. The fraction of sp³-hybridized carbons (Fsp3) is 0.632. The SMILES string of the molecule is CCCCCCCCCCCCc1cc(C(=O)O)cnc1C(N)=O. The number of pyridine rings is 1. The predicted octanol–water partition coefficient (Wildman–Crippen LogP) is 4.34. The molecule has 1 amide bonds. The van der Waals surface area contributed by atoms with E-state index in [2.05, 4.69) is 11.9 Å². The lowest BCUT2D eigenvalue weighted by Crippen LogP contribution is -2.17. The molecular formula is C19H30N2O3. The maximum absolute atomic E-state index is 11.4. The van der Waals surface area contributed by atoms with Gasteiger partial charge >= 0.3 is 5.97 Å². The molecule has 0 atom stereocenters. The number of unbranched alkanes of at least 4 members (excludes halogenated alkanes) is 9. The van der Waals surface area contributed by atoms with Crippen molar-refractivity contribution in [1.29, 1.82) is 0 Å². The van der Waals surface area contributed by atoms with Crippen LogP contribution >= 0.6 is 0 Å². The van der Waals surface area contributed by atoms with Crippen LogP contribution in [0.15, 0.2) is 12.3 Å². The van der Waals surface area contributed by atoms with E-state index < -0.39 is 11.9 Å². The molecule has 0 spiro atoms. The van der Waals surface area contributed by atoms with Crippen LogP contribution < -0.4 is 5.73 Å². The number of hydrogen-bond acceptors (Lipinski definition) is 3. The number of carbonyl (C=O) groups excluding carboxylic acids is 1. The fourth-order valence-corrected chi connectivity index (χ4v) is 2.84. The first kappa shape index (κ1) is 20.1. The summed E-state index contributed by atoms with van der Waals surface area (Å²) in [5, 5.41) is 9.03. The molecule has 0 radical (unpaired) electrons. The number of carboxylic acids is 1. The van der Waals surface area contributed by atoms with Crippen LogP contribution in [0.25, 0.3) is 0 Å². The molecule has 1 aromatic heterocycles. The Morgan fingerprint density at radius 3 is 2.04 bits per heavy atom. The lowest BCUT2D eigenvalue weighted by molar-refractivity contribution is 0.0695. The Balaban J connectivity index is 2.30. The van der Waals surface area contributed by atoms with Crippen molar-refractivity contribution in [3.8, 4) is 0 Å². The second-order valence-electron chi connectivity index (χ2n) is 6.33. The van der Waals surface area contributed by atoms with Crippen molar-refractivity contribution in [2.45, 2.75) is 77.6 Å². The quantitative estimate of drug-likeness (QED) is 0.525. The molecule has 0 saturated carbocycles. The number of aromatic nitrogens is 1. The molecule has 0 aliphatic heterocycles. The van der Waals surface area contributed by atoms with Crippen molar-refractivity contribution < 1.29 is 14.7 Å². The second-order valence-corrected chi connectivity index (χ2v) is 6.33. The normalized spacial score (nSPS) is 10.7. The molecule has 0 fully saturated rings. The third kappa shape index (κ3) is 7.57. The van der Waals surface area contributed by atoms with E-state index >= 15 is 0 Å². The lowest BCUT2D eigenvalue weighted by atomic mass is 10.0. The zero-order valence-electron chi connectivity index (χ0n) is 14.7. The highest BCUT2D eigenvalue weighted by Gasteiger charge is 2.13. The summed E-state index contributed by atoms with van der Waals surface area (Å²) in [4.78, 5) is 26.3. The summed E-state index contributed by atoms with van der Waals surface area (Å²) < 4.78 is 0. The van der Waals surface area contributed by atoms with E-state index in [4.69, 9.17) is 10.8 Å². The standard InChI is InChI=1S/C19H30N2O3/c1-2-3-4-5-6-7-8-9-10-11-12-15-13-16(19(23)24)14-21-17(15)18(20)22/h13-14H,2-12H2,1H3,(H2,20,22)(H,23,24). The van der Waals surface area contributed by atoms with Gasteiger partial charge in [0.1, 0.15) is 5.69 Å². The number of amides is 1. The Morgan fingerprint density at radius 2 is 1.54 bits per heavy atom. The number of hydrogen-bond donors (Lipinski definition) is 2. The molecule has 0 unspecified atom stereocenters. The number of primary amides is 1. The van der Waals surface area contributed by atoms with Crippen LogP contribution in [0.5, 0.6) is 0 Å². The number of nitrogens with two attached hydrogens (primary N) is 1. The van der Waals surface area contributed by atoms with Gasteiger partial charge in [0.05, 0.1) is 5.56 Å². The largest absolute Gasteiger partial charge is 0.478 e. The molecule has 0 aliphatic rings.